The SMILES string of the molecule is CCCNc1ccc(OC(C)SC(C)OC(C)CN)cc1. The summed E-state index contributed by atoms with van der Waals surface area (Å²) >= 11 is 1.64. The fourth-order valence-electron chi connectivity index (χ4n) is 1.82. The van der Waals surface area contributed by atoms with E-state index in [1.54, 1.807) is 11.8 Å². The number of thioether (sulfide) groups is 1. The highest BCUT2D eigenvalue weighted by Crippen LogP contribution is 2.24. The maximum atomic E-state index is 5.88. The second-order valence-corrected chi connectivity index (χ2v) is 6.62. The third-order valence-corrected chi connectivity index (χ3v) is 3.85. The van der Waals surface area contributed by atoms with Crippen molar-refractivity contribution in [1.82, 2.24) is 0 Å². The van der Waals surface area contributed by atoms with Gasteiger partial charge < -0.3 is 20.5 Å². The minimum Gasteiger partial charge on any atom is -0.480 e. The van der Waals surface area contributed by atoms with Gasteiger partial charge in [-0.3, -0.25) is 0 Å². The van der Waals surface area contributed by atoms with Crippen molar-refractivity contribution in [3.8, 4) is 5.75 Å². The molecule has 0 aliphatic heterocycles. The fourth-order valence-corrected chi connectivity index (χ4v) is 2.79. The number of rotatable bonds is 10. The van der Waals surface area contributed by atoms with Crippen LogP contribution >= 0.6 is 11.8 Å². The van der Waals surface area contributed by atoms with Crippen LogP contribution in [0.2, 0.25) is 0 Å². The Kier molecular flexibility index (Phi) is 8.57. The molecule has 21 heavy (non-hydrogen) atoms. The summed E-state index contributed by atoms with van der Waals surface area (Å²) in [5.41, 5.74) is 6.76. The van der Waals surface area contributed by atoms with E-state index in [4.69, 9.17) is 15.2 Å². The van der Waals surface area contributed by atoms with Gasteiger partial charge in [-0.2, -0.15) is 0 Å². The van der Waals surface area contributed by atoms with Crippen molar-refractivity contribution in [3.63, 3.8) is 0 Å². The Hall–Kier alpha value is -0.910. The smallest absolute Gasteiger partial charge is 0.144 e. The second kappa shape index (κ2) is 9.92. The molecule has 120 valence electrons. The molecule has 0 saturated heterocycles. The van der Waals surface area contributed by atoms with E-state index in [9.17, 15) is 0 Å². The van der Waals surface area contributed by atoms with Crippen LogP contribution in [0.5, 0.6) is 5.75 Å². The Bertz CT molecular complexity index is 386. The highest BCUT2D eigenvalue weighted by Gasteiger charge is 2.13. The van der Waals surface area contributed by atoms with E-state index >= 15 is 0 Å². The third-order valence-electron chi connectivity index (χ3n) is 2.87. The number of nitrogens with two attached hydrogens (primary N) is 1. The standard InChI is InChI=1S/C16H28N2O2S/c1-5-10-18-15-6-8-16(9-7-15)20-14(4)21-13(3)19-12(2)11-17/h6-9,12-14,18H,5,10-11,17H2,1-4H3. The normalized spacial score (nSPS) is 15.3. The van der Waals surface area contributed by atoms with Gasteiger partial charge in [0.2, 0.25) is 0 Å². The Morgan fingerprint density at radius 3 is 2.38 bits per heavy atom. The molecule has 0 saturated carbocycles. The molecule has 0 heterocycles. The summed E-state index contributed by atoms with van der Waals surface area (Å²) in [5, 5.41) is 3.34. The van der Waals surface area contributed by atoms with Gasteiger partial charge in [0.25, 0.3) is 0 Å². The van der Waals surface area contributed by atoms with Crippen LogP contribution in [0.3, 0.4) is 0 Å². The van der Waals surface area contributed by atoms with Gasteiger partial charge in [-0.05, 0) is 51.5 Å². The lowest BCUT2D eigenvalue weighted by Crippen LogP contribution is -2.25. The quantitative estimate of drug-likeness (QED) is 0.646. The Balaban J connectivity index is 2.38. The fraction of sp³-hybridized carbons (Fsp3) is 0.625. The van der Waals surface area contributed by atoms with E-state index in [1.807, 2.05) is 45.0 Å². The first-order chi connectivity index (χ1) is 10.0. The number of ether oxygens (including phenoxy) is 2. The second-order valence-electron chi connectivity index (χ2n) is 5.02. The maximum Gasteiger partial charge on any atom is 0.144 e. The highest BCUT2D eigenvalue weighted by molar-refractivity contribution is 8.00. The first kappa shape index (κ1) is 18.1. The van der Waals surface area contributed by atoms with Crippen LogP contribution in [0.1, 0.15) is 34.1 Å². The van der Waals surface area contributed by atoms with Gasteiger partial charge in [0.15, 0.2) is 0 Å². The molecule has 3 atom stereocenters. The van der Waals surface area contributed by atoms with Crippen molar-refractivity contribution in [2.45, 2.75) is 51.1 Å². The van der Waals surface area contributed by atoms with Gasteiger partial charge in [-0.1, -0.05) is 18.7 Å². The van der Waals surface area contributed by atoms with Crippen LogP contribution in [0.15, 0.2) is 24.3 Å². The summed E-state index contributed by atoms with van der Waals surface area (Å²) in [5.74, 6) is 0.871. The summed E-state index contributed by atoms with van der Waals surface area (Å²) in [6.07, 6.45) is 1.19. The van der Waals surface area contributed by atoms with Crippen LogP contribution in [0.4, 0.5) is 5.69 Å². The largest absolute Gasteiger partial charge is 0.480 e. The molecule has 4 nitrogen and oxygen atoms in total. The lowest BCUT2D eigenvalue weighted by molar-refractivity contribution is 0.0609. The van der Waals surface area contributed by atoms with Crippen molar-refractivity contribution < 1.29 is 9.47 Å². The first-order valence-electron chi connectivity index (χ1n) is 7.56. The molecule has 0 amide bonds. The average molecular weight is 312 g/mol. The minimum absolute atomic E-state index is 0.0272. The Labute approximate surface area is 132 Å². The van der Waals surface area contributed by atoms with E-state index in [0.717, 1.165) is 24.4 Å². The monoisotopic (exact) mass is 312 g/mol. The molecule has 0 aromatic heterocycles. The number of anilines is 1. The van der Waals surface area contributed by atoms with Gasteiger partial charge in [0, 0.05) is 18.8 Å². The van der Waals surface area contributed by atoms with Gasteiger partial charge in [-0.15, -0.1) is 0 Å². The molecular formula is C16H28N2O2S. The van der Waals surface area contributed by atoms with E-state index < -0.39 is 0 Å². The summed E-state index contributed by atoms with van der Waals surface area (Å²) in [6.45, 7) is 9.70. The summed E-state index contributed by atoms with van der Waals surface area (Å²) in [7, 11) is 0. The molecule has 3 unspecified atom stereocenters. The molecule has 0 fully saturated rings. The molecule has 3 N–H and O–H groups in total. The van der Waals surface area contributed by atoms with E-state index in [-0.39, 0.29) is 17.0 Å². The predicted molar refractivity (Wildman–Crippen MR) is 92.0 cm³/mol. The topological polar surface area (TPSA) is 56.5 Å². The average Bonchev–Trinajstić information content (AvgIpc) is 2.46. The molecule has 1 rings (SSSR count). The van der Waals surface area contributed by atoms with Crippen LogP contribution in [-0.2, 0) is 4.74 Å². The van der Waals surface area contributed by atoms with Crippen LogP contribution in [-0.4, -0.2) is 30.1 Å². The Morgan fingerprint density at radius 1 is 1.14 bits per heavy atom. The van der Waals surface area contributed by atoms with Crippen LogP contribution in [0.25, 0.3) is 0 Å². The zero-order valence-corrected chi connectivity index (χ0v) is 14.3. The van der Waals surface area contributed by atoms with Gasteiger partial charge >= 0.3 is 0 Å². The lowest BCUT2D eigenvalue weighted by atomic mass is 10.3. The number of hydrogen-bond acceptors (Lipinski definition) is 5. The molecule has 5 heteroatoms. The lowest BCUT2D eigenvalue weighted by Gasteiger charge is -2.21. The minimum atomic E-state index is 0.0272. The Morgan fingerprint density at radius 2 is 1.81 bits per heavy atom. The summed E-state index contributed by atoms with van der Waals surface area (Å²) in [6, 6.07) is 8.06. The molecule has 1 aromatic carbocycles. The highest BCUT2D eigenvalue weighted by atomic mass is 32.2. The number of hydrogen-bond donors (Lipinski definition) is 2. The van der Waals surface area contributed by atoms with Crippen molar-refractivity contribution in [1.29, 1.82) is 0 Å². The number of benzene rings is 1. The van der Waals surface area contributed by atoms with E-state index in [0.29, 0.717) is 6.54 Å². The van der Waals surface area contributed by atoms with E-state index in [2.05, 4.69) is 12.2 Å². The molecule has 1 aromatic rings. The predicted octanol–water partition coefficient (Wildman–Crippen LogP) is 3.68. The summed E-state index contributed by atoms with van der Waals surface area (Å²) < 4.78 is 11.6. The van der Waals surface area contributed by atoms with Crippen molar-refractivity contribution in [3.05, 3.63) is 24.3 Å². The zero-order valence-electron chi connectivity index (χ0n) is 13.5. The molecule has 0 bridgehead atoms. The molecule has 0 aliphatic rings. The number of nitrogens with one attached hydrogen (secondary N) is 1. The van der Waals surface area contributed by atoms with Crippen LogP contribution < -0.4 is 15.8 Å². The van der Waals surface area contributed by atoms with E-state index in [1.165, 1.54) is 0 Å². The zero-order chi connectivity index (χ0) is 15.7. The molecule has 0 spiro atoms. The van der Waals surface area contributed by atoms with Crippen LogP contribution in [0, 0.1) is 0 Å². The first-order valence-corrected chi connectivity index (χ1v) is 8.51. The maximum absolute atomic E-state index is 5.88. The third kappa shape index (κ3) is 7.60. The molecule has 0 aliphatic carbocycles. The molecule has 0 radical (unpaired) electrons. The van der Waals surface area contributed by atoms with Crippen molar-refractivity contribution >= 4 is 17.4 Å². The van der Waals surface area contributed by atoms with Crippen molar-refractivity contribution in [2.24, 2.45) is 5.73 Å². The van der Waals surface area contributed by atoms with Gasteiger partial charge in [-0.25, -0.2) is 0 Å². The van der Waals surface area contributed by atoms with Gasteiger partial charge in [0.05, 0.1) is 6.10 Å². The van der Waals surface area contributed by atoms with Gasteiger partial charge in [0.1, 0.15) is 16.6 Å². The summed E-state index contributed by atoms with van der Waals surface area (Å²) in [4.78, 5) is 0. The molecular weight excluding hydrogens is 284 g/mol. The van der Waals surface area contributed by atoms with Crippen molar-refractivity contribution in [2.75, 3.05) is 18.4 Å².